The highest BCUT2D eigenvalue weighted by atomic mass is 32.1. The Balaban J connectivity index is 1.46. The third kappa shape index (κ3) is 5.62. The molecule has 0 saturated heterocycles. The lowest BCUT2D eigenvalue weighted by Gasteiger charge is -2.23. The Morgan fingerprint density at radius 2 is 1.79 bits per heavy atom. The SMILES string of the molecule is Cc1ccc(C(NCC(=O)N(C)c2ccccc2C(=O)NCc2ccco2)c2cccs2)cc1. The molecule has 0 spiro atoms. The van der Waals surface area contributed by atoms with Crippen LogP contribution in [0.15, 0.2) is 88.9 Å². The van der Waals surface area contributed by atoms with Gasteiger partial charge in [-0.05, 0) is 48.2 Å². The molecule has 2 N–H and O–H groups in total. The lowest BCUT2D eigenvalue weighted by molar-refractivity contribution is -0.117. The van der Waals surface area contributed by atoms with Gasteiger partial charge in [-0.2, -0.15) is 0 Å². The standard InChI is InChI=1S/C27H27N3O3S/c1-19-11-13-20(14-12-19)26(24-10-6-16-34-24)28-18-25(31)30(2)23-9-4-3-8-22(23)27(32)29-17-21-7-5-15-33-21/h3-16,26,28H,17-18H2,1-2H3,(H,29,32). The van der Waals surface area contributed by atoms with E-state index in [0.717, 1.165) is 10.4 Å². The predicted octanol–water partition coefficient (Wildman–Crippen LogP) is 4.92. The first kappa shape index (κ1) is 23.5. The van der Waals surface area contributed by atoms with Crippen molar-refractivity contribution in [3.63, 3.8) is 0 Å². The number of furan rings is 1. The molecule has 2 amide bonds. The number of nitrogens with one attached hydrogen (secondary N) is 2. The Bertz CT molecular complexity index is 1220. The molecule has 1 atom stereocenters. The van der Waals surface area contributed by atoms with Crippen molar-refractivity contribution in [1.29, 1.82) is 0 Å². The number of aryl methyl sites for hydroxylation is 1. The maximum atomic E-state index is 13.1. The summed E-state index contributed by atoms with van der Waals surface area (Å²) >= 11 is 1.65. The highest BCUT2D eigenvalue weighted by Crippen LogP contribution is 2.26. The van der Waals surface area contributed by atoms with Gasteiger partial charge in [-0.1, -0.05) is 48.0 Å². The van der Waals surface area contributed by atoms with Crippen molar-refractivity contribution < 1.29 is 14.0 Å². The van der Waals surface area contributed by atoms with E-state index in [1.54, 1.807) is 55.0 Å². The number of carbonyl (C=O) groups is 2. The minimum atomic E-state index is -0.268. The maximum Gasteiger partial charge on any atom is 0.253 e. The van der Waals surface area contributed by atoms with Crippen LogP contribution in [0.1, 0.15) is 38.2 Å². The van der Waals surface area contributed by atoms with Gasteiger partial charge < -0.3 is 14.6 Å². The molecular weight excluding hydrogens is 446 g/mol. The van der Waals surface area contributed by atoms with Crippen LogP contribution in [-0.2, 0) is 11.3 Å². The topological polar surface area (TPSA) is 74.6 Å². The number of rotatable bonds is 9. The fourth-order valence-corrected chi connectivity index (χ4v) is 4.50. The van der Waals surface area contributed by atoms with E-state index in [1.165, 1.54) is 10.5 Å². The second-order valence-electron chi connectivity index (χ2n) is 7.97. The van der Waals surface area contributed by atoms with E-state index in [1.807, 2.05) is 17.5 Å². The lowest BCUT2D eigenvalue weighted by atomic mass is 10.0. The van der Waals surface area contributed by atoms with E-state index in [4.69, 9.17) is 4.42 Å². The van der Waals surface area contributed by atoms with E-state index in [0.29, 0.717) is 17.0 Å². The van der Waals surface area contributed by atoms with Crippen molar-refractivity contribution in [2.75, 3.05) is 18.5 Å². The number of para-hydroxylation sites is 1. The van der Waals surface area contributed by atoms with Crippen molar-refractivity contribution in [3.05, 3.63) is 112 Å². The molecule has 6 nitrogen and oxygen atoms in total. The van der Waals surface area contributed by atoms with Crippen molar-refractivity contribution >= 4 is 28.8 Å². The zero-order chi connectivity index (χ0) is 23.9. The van der Waals surface area contributed by atoms with Crippen LogP contribution in [0.25, 0.3) is 0 Å². The summed E-state index contributed by atoms with van der Waals surface area (Å²) in [7, 11) is 1.69. The number of hydrogen-bond acceptors (Lipinski definition) is 5. The average Bonchev–Trinajstić information content (AvgIpc) is 3.58. The highest BCUT2D eigenvalue weighted by molar-refractivity contribution is 7.10. The Morgan fingerprint density at radius 1 is 1.00 bits per heavy atom. The molecule has 2 aromatic carbocycles. The summed E-state index contributed by atoms with van der Waals surface area (Å²) < 4.78 is 5.28. The Morgan fingerprint density at radius 3 is 2.50 bits per heavy atom. The molecule has 7 heteroatoms. The van der Waals surface area contributed by atoms with Gasteiger partial charge in [0, 0.05) is 11.9 Å². The normalized spacial score (nSPS) is 11.7. The van der Waals surface area contributed by atoms with Crippen molar-refractivity contribution in [1.82, 2.24) is 10.6 Å². The van der Waals surface area contributed by atoms with Crippen LogP contribution >= 0.6 is 11.3 Å². The predicted molar refractivity (Wildman–Crippen MR) is 135 cm³/mol. The van der Waals surface area contributed by atoms with Gasteiger partial charge in [0.25, 0.3) is 5.91 Å². The number of benzene rings is 2. The van der Waals surface area contributed by atoms with Gasteiger partial charge in [0.15, 0.2) is 0 Å². The van der Waals surface area contributed by atoms with Gasteiger partial charge in [-0.25, -0.2) is 0 Å². The van der Waals surface area contributed by atoms with Crippen LogP contribution in [0.2, 0.25) is 0 Å². The molecule has 2 heterocycles. The van der Waals surface area contributed by atoms with Gasteiger partial charge in [-0.3, -0.25) is 14.9 Å². The Kier molecular flexibility index (Phi) is 7.57. The molecule has 34 heavy (non-hydrogen) atoms. The van der Waals surface area contributed by atoms with Gasteiger partial charge in [0.1, 0.15) is 5.76 Å². The first-order chi connectivity index (χ1) is 16.5. The molecule has 4 aromatic rings. The summed E-state index contributed by atoms with van der Waals surface area (Å²) in [5, 5.41) is 8.28. The minimum Gasteiger partial charge on any atom is -0.467 e. The summed E-state index contributed by atoms with van der Waals surface area (Å²) in [6.07, 6.45) is 1.56. The average molecular weight is 474 g/mol. The van der Waals surface area contributed by atoms with Crippen LogP contribution in [-0.4, -0.2) is 25.4 Å². The number of anilines is 1. The summed E-state index contributed by atoms with van der Waals surface area (Å²) in [5.41, 5.74) is 3.26. The fourth-order valence-electron chi connectivity index (χ4n) is 3.67. The van der Waals surface area contributed by atoms with Crippen LogP contribution in [0.3, 0.4) is 0 Å². The second-order valence-corrected chi connectivity index (χ2v) is 8.95. The third-order valence-corrected chi connectivity index (χ3v) is 6.52. The number of carbonyl (C=O) groups excluding carboxylic acids is 2. The van der Waals surface area contributed by atoms with Crippen LogP contribution in [0.4, 0.5) is 5.69 Å². The smallest absolute Gasteiger partial charge is 0.253 e. The quantitative estimate of drug-likeness (QED) is 0.362. The van der Waals surface area contributed by atoms with Gasteiger partial charge >= 0.3 is 0 Å². The summed E-state index contributed by atoms with van der Waals surface area (Å²) in [5.74, 6) is 0.255. The fraction of sp³-hybridized carbons (Fsp3) is 0.185. The molecular formula is C27H27N3O3S. The Hall–Kier alpha value is -3.68. The molecule has 0 saturated carbocycles. The minimum absolute atomic E-state index is 0.0928. The van der Waals surface area contributed by atoms with Gasteiger partial charge in [-0.15, -0.1) is 11.3 Å². The van der Waals surface area contributed by atoms with E-state index in [-0.39, 0.29) is 30.9 Å². The van der Waals surface area contributed by atoms with E-state index in [9.17, 15) is 9.59 Å². The van der Waals surface area contributed by atoms with E-state index in [2.05, 4.69) is 47.9 Å². The highest BCUT2D eigenvalue weighted by Gasteiger charge is 2.21. The molecule has 174 valence electrons. The number of likely N-dealkylation sites (N-methyl/N-ethyl adjacent to an activating group) is 1. The monoisotopic (exact) mass is 473 g/mol. The first-order valence-electron chi connectivity index (χ1n) is 11.0. The summed E-state index contributed by atoms with van der Waals surface area (Å²) in [4.78, 5) is 28.6. The van der Waals surface area contributed by atoms with Crippen LogP contribution in [0, 0.1) is 6.92 Å². The number of thiophene rings is 1. The molecule has 1 unspecified atom stereocenters. The third-order valence-electron chi connectivity index (χ3n) is 5.58. The van der Waals surface area contributed by atoms with Crippen LogP contribution in [0.5, 0.6) is 0 Å². The molecule has 0 aliphatic heterocycles. The number of hydrogen-bond donors (Lipinski definition) is 2. The van der Waals surface area contributed by atoms with E-state index < -0.39 is 0 Å². The Labute approximate surface area is 203 Å². The molecule has 2 aromatic heterocycles. The summed E-state index contributed by atoms with van der Waals surface area (Å²) in [6.45, 7) is 2.45. The first-order valence-corrected chi connectivity index (χ1v) is 11.9. The zero-order valence-corrected chi connectivity index (χ0v) is 20.0. The lowest BCUT2D eigenvalue weighted by Crippen LogP contribution is -2.38. The molecule has 0 aliphatic carbocycles. The van der Waals surface area contributed by atoms with Crippen LogP contribution < -0.4 is 15.5 Å². The number of nitrogens with zero attached hydrogens (tertiary/aromatic N) is 1. The molecule has 4 rings (SSSR count). The van der Waals surface area contributed by atoms with Crippen molar-refractivity contribution in [3.8, 4) is 0 Å². The maximum absolute atomic E-state index is 13.1. The second kappa shape index (κ2) is 11.0. The zero-order valence-electron chi connectivity index (χ0n) is 19.2. The largest absolute Gasteiger partial charge is 0.467 e. The molecule has 0 radical (unpaired) electrons. The molecule has 0 fully saturated rings. The molecule has 0 bridgehead atoms. The van der Waals surface area contributed by atoms with E-state index >= 15 is 0 Å². The van der Waals surface area contributed by atoms with Gasteiger partial charge in [0.05, 0.1) is 36.6 Å². The number of amides is 2. The summed E-state index contributed by atoms with van der Waals surface area (Å²) in [6, 6.07) is 22.9. The molecule has 0 aliphatic rings. The van der Waals surface area contributed by atoms with Crippen molar-refractivity contribution in [2.45, 2.75) is 19.5 Å². The van der Waals surface area contributed by atoms with Gasteiger partial charge in [0.2, 0.25) is 5.91 Å². The van der Waals surface area contributed by atoms with Crippen molar-refractivity contribution in [2.24, 2.45) is 0 Å².